The number of carbonyl (C=O) groups is 2. The summed E-state index contributed by atoms with van der Waals surface area (Å²) in [5.74, 6) is -0.0287. The highest BCUT2D eigenvalue weighted by Crippen LogP contribution is 2.07. The normalized spacial score (nSPS) is 10.3. The lowest BCUT2D eigenvalue weighted by molar-refractivity contribution is 0.0827. The molecule has 0 bridgehead atoms. The maximum Gasteiger partial charge on any atom is 0.315 e. The first-order chi connectivity index (χ1) is 11.5. The summed E-state index contributed by atoms with van der Waals surface area (Å²) >= 11 is 0. The summed E-state index contributed by atoms with van der Waals surface area (Å²) in [6.07, 6.45) is 4.23. The molecule has 0 spiro atoms. The third kappa shape index (κ3) is 5.12. The smallest absolute Gasteiger partial charge is 0.315 e. The van der Waals surface area contributed by atoms with Gasteiger partial charge in [-0.15, -0.1) is 0 Å². The Bertz CT molecular complexity index is 709. The minimum Gasteiger partial charge on any atom is -0.345 e. The average molecular weight is 329 g/mol. The molecule has 1 heterocycles. The fourth-order valence-electron chi connectivity index (χ4n) is 2.25. The summed E-state index contributed by atoms with van der Waals surface area (Å²) in [5.41, 5.74) is 2.61. The molecule has 0 atom stereocenters. The summed E-state index contributed by atoms with van der Waals surface area (Å²) in [5, 5.41) is 9.63. The van der Waals surface area contributed by atoms with Gasteiger partial charge in [-0.05, 0) is 24.1 Å². The highest BCUT2D eigenvalue weighted by atomic mass is 16.2. The second kappa shape index (κ2) is 8.14. The zero-order valence-electron chi connectivity index (χ0n) is 14.2. The molecule has 3 amide bonds. The molecule has 2 aromatic rings. The Balaban J connectivity index is 1.76. The van der Waals surface area contributed by atoms with Crippen LogP contribution < -0.4 is 10.6 Å². The van der Waals surface area contributed by atoms with E-state index in [1.165, 1.54) is 0 Å². The number of carbonyl (C=O) groups excluding carboxylic acids is 2. The molecule has 24 heavy (non-hydrogen) atoms. The van der Waals surface area contributed by atoms with Crippen LogP contribution in [0.25, 0.3) is 0 Å². The predicted molar refractivity (Wildman–Crippen MR) is 91.6 cm³/mol. The number of urea groups is 1. The van der Waals surface area contributed by atoms with Crippen molar-refractivity contribution in [1.82, 2.24) is 25.3 Å². The molecule has 0 radical (unpaired) electrons. The van der Waals surface area contributed by atoms with Gasteiger partial charge in [-0.2, -0.15) is 5.10 Å². The van der Waals surface area contributed by atoms with Gasteiger partial charge in [-0.1, -0.05) is 12.1 Å². The largest absolute Gasteiger partial charge is 0.345 e. The summed E-state index contributed by atoms with van der Waals surface area (Å²) < 4.78 is 1.69. The van der Waals surface area contributed by atoms with Gasteiger partial charge >= 0.3 is 6.03 Å². The lowest BCUT2D eigenvalue weighted by Gasteiger charge is -2.11. The van der Waals surface area contributed by atoms with Crippen LogP contribution in [-0.2, 0) is 20.0 Å². The maximum atomic E-state index is 11.9. The SMILES string of the molecule is CN(C)C(=O)c1cccc(CCNC(=O)NCc2cnn(C)c2)c1. The van der Waals surface area contributed by atoms with E-state index in [-0.39, 0.29) is 11.9 Å². The van der Waals surface area contributed by atoms with E-state index < -0.39 is 0 Å². The number of aryl methyl sites for hydroxylation is 1. The van der Waals surface area contributed by atoms with E-state index in [0.29, 0.717) is 25.1 Å². The van der Waals surface area contributed by atoms with Crippen molar-refractivity contribution in [2.45, 2.75) is 13.0 Å². The summed E-state index contributed by atoms with van der Waals surface area (Å²) in [6.45, 7) is 0.935. The summed E-state index contributed by atoms with van der Waals surface area (Å²) in [7, 11) is 5.28. The van der Waals surface area contributed by atoms with Crippen molar-refractivity contribution < 1.29 is 9.59 Å². The zero-order chi connectivity index (χ0) is 17.5. The summed E-state index contributed by atoms with van der Waals surface area (Å²) in [4.78, 5) is 25.3. The van der Waals surface area contributed by atoms with Crippen molar-refractivity contribution in [2.75, 3.05) is 20.6 Å². The lowest BCUT2D eigenvalue weighted by Crippen LogP contribution is -2.36. The Morgan fingerprint density at radius 3 is 2.67 bits per heavy atom. The number of benzene rings is 1. The molecule has 0 aliphatic heterocycles. The molecule has 0 aliphatic carbocycles. The number of hydrogen-bond donors (Lipinski definition) is 2. The van der Waals surface area contributed by atoms with Gasteiger partial charge < -0.3 is 15.5 Å². The van der Waals surface area contributed by atoms with Crippen LogP contribution in [0, 0.1) is 0 Å². The van der Waals surface area contributed by atoms with Crippen molar-refractivity contribution in [3.8, 4) is 0 Å². The first-order valence-electron chi connectivity index (χ1n) is 7.75. The molecule has 0 fully saturated rings. The number of nitrogens with zero attached hydrogens (tertiary/aromatic N) is 3. The molecule has 7 nitrogen and oxygen atoms in total. The van der Waals surface area contributed by atoms with Gasteiger partial charge in [0.1, 0.15) is 0 Å². The topological polar surface area (TPSA) is 79.3 Å². The van der Waals surface area contributed by atoms with Gasteiger partial charge in [-0.3, -0.25) is 9.48 Å². The lowest BCUT2D eigenvalue weighted by atomic mass is 10.1. The predicted octanol–water partition coefficient (Wildman–Crippen LogP) is 1.16. The van der Waals surface area contributed by atoms with Crippen LogP contribution in [0.4, 0.5) is 4.79 Å². The Hall–Kier alpha value is -2.83. The number of nitrogens with one attached hydrogen (secondary N) is 2. The second-order valence-electron chi connectivity index (χ2n) is 5.78. The Labute approximate surface area is 141 Å². The van der Waals surface area contributed by atoms with Crippen molar-refractivity contribution in [3.63, 3.8) is 0 Å². The minimum atomic E-state index is -0.223. The van der Waals surface area contributed by atoms with Gasteiger partial charge in [0.25, 0.3) is 5.91 Å². The number of aromatic nitrogens is 2. The molecule has 0 aliphatic rings. The monoisotopic (exact) mass is 329 g/mol. The fraction of sp³-hybridized carbons (Fsp3) is 0.353. The third-order valence-electron chi connectivity index (χ3n) is 3.49. The molecule has 1 aromatic carbocycles. The molecule has 0 saturated heterocycles. The molecule has 0 unspecified atom stereocenters. The molecule has 128 valence electrons. The Morgan fingerprint density at radius 2 is 2.00 bits per heavy atom. The highest BCUT2D eigenvalue weighted by Gasteiger charge is 2.08. The van der Waals surface area contributed by atoms with Crippen LogP contribution in [-0.4, -0.2) is 47.3 Å². The van der Waals surface area contributed by atoms with Gasteiger partial charge in [0.05, 0.1) is 6.20 Å². The van der Waals surface area contributed by atoms with Crippen molar-refractivity contribution in [2.24, 2.45) is 7.05 Å². The summed E-state index contributed by atoms with van der Waals surface area (Å²) in [6, 6.07) is 7.23. The van der Waals surface area contributed by atoms with E-state index in [9.17, 15) is 9.59 Å². The van der Waals surface area contributed by atoms with Crippen LogP contribution in [0.2, 0.25) is 0 Å². The van der Waals surface area contributed by atoms with E-state index in [1.54, 1.807) is 35.9 Å². The third-order valence-corrected chi connectivity index (χ3v) is 3.49. The van der Waals surface area contributed by atoms with Gasteiger partial charge in [0.15, 0.2) is 0 Å². The second-order valence-corrected chi connectivity index (χ2v) is 5.78. The van der Waals surface area contributed by atoms with E-state index >= 15 is 0 Å². The number of amides is 3. The van der Waals surface area contributed by atoms with Crippen LogP contribution in [0.15, 0.2) is 36.7 Å². The van der Waals surface area contributed by atoms with Crippen LogP contribution >= 0.6 is 0 Å². The molecule has 0 saturated carbocycles. The van der Waals surface area contributed by atoms with Crippen LogP contribution in [0.1, 0.15) is 21.5 Å². The molecular weight excluding hydrogens is 306 g/mol. The van der Waals surface area contributed by atoms with Crippen LogP contribution in [0.3, 0.4) is 0 Å². The quantitative estimate of drug-likeness (QED) is 0.835. The van der Waals surface area contributed by atoms with Crippen molar-refractivity contribution >= 4 is 11.9 Å². The van der Waals surface area contributed by atoms with E-state index in [1.807, 2.05) is 31.4 Å². The number of rotatable bonds is 6. The molecule has 1 aromatic heterocycles. The molecule has 2 N–H and O–H groups in total. The standard InChI is InChI=1S/C17H23N5O2/c1-21(2)16(23)15-6-4-5-13(9-15)7-8-18-17(24)19-10-14-11-20-22(3)12-14/h4-6,9,11-12H,7-8,10H2,1-3H3,(H2,18,19,24). The van der Waals surface area contributed by atoms with Gasteiger partial charge in [-0.25, -0.2) is 4.79 Å². The Morgan fingerprint density at radius 1 is 1.21 bits per heavy atom. The molecule has 7 heteroatoms. The fourth-order valence-corrected chi connectivity index (χ4v) is 2.25. The first-order valence-corrected chi connectivity index (χ1v) is 7.75. The minimum absolute atomic E-state index is 0.0287. The highest BCUT2D eigenvalue weighted by molar-refractivity contribution is 5.94. The van der Waals surface area contributed by atoms with E-state index in [4.69, 9.17) is 0 Å². The van der Waals surface area contributed by atoms with E-state index in [2.05, 4.69) is 15.7 Å². The van der Waals surface area contributed by atoms with Crippen molar-refractivity contribution in [3.05, 3.63) is 53.3 Å². The number of hydrogen-bond acceptors (Lipinski definition) is 3. The van der Waals surface area contributed by atoms with E-state index in [0.717, 1.165) is 11.1 Å². The maximum absolute atomic E-state index is 11.9. The Kier molecular flexibility index (Phi) is 5.95. The average Bonchev–Trinajstić information content (AvgIpc) is 2.98. The van der Waals surface area contributed by atoms with Gasteiger partial charge in [0, 0.05) is 51.6 Å². The van der Waals surface area contributed by atoms with Crippen molar-refractivity contribution in [1.29, 1.82) is 0 Å². The van der Waals surface area contributed by atoms with Crippen LogP contribution in [0.5, 0.6) is 0 Å². The molecular formula is C17H23N5O2. The first kappa shape index (κ1) is 17.5. The van der Waals surface area contributed by atoms with Gasteiger partial charge in [0.2, 0.25) is 0 Å². The zero-order valence-corrected chi connectivity index (χ0v) is 14.2. The molecule has 2 rings (SSSR count).